The van der Waals surface area contributed by atoms with Crippen LogP contribution >= 0.6 is 0 Å². The molecular formula is C11H8O3. The van der Waals surface area contributed by atoms with Crippen molar-refractivity contribution in [3.8, 4) is 16.9 Å². The second kappa shape index (κ2) is 3.38. The van der Waals surface area contributed by atoms with E-state index in [2.05, 4.69) is 0 Å². The molecule has 0 unspecified atom stereocenters. The van der Waals surface area contributed by atoms with Gasteiger partial charge in [0, 0.05) is 11.1 Å². The summed E-state index contributed by atoms with van der Waals surface area (Å²) in [6.45, 7) is 0. The van der Waals surface area contributed by atoms with E-state index in [1.165, 1.54) is 12.5 Å². The third-order valence-electron chi connectivity index (χ3n) is 2.03. The average molecular weight is 188 g/mol. The molecular weight excluding hydrogens is 180 g/mol. The molecule has 0 amide bonds. The van der Waals surface area contributed by atoms with E-state index in [0.717, 1.165) is 5.56 Å². The van der Waals surface area contributed by atoms with E-state index in [4.69, 9.17) is 4.42 Å². The number of hydrogen-bond donors (Lipinski definition) is 1. The largest absolute Gasteiger partial charge is 0.507 e. The van der Waals surface area contributed by atoms with Crippen LogP contribution in [-0.4, -0.2) is 11.4 Å². The molecule has 2 rings (SSSR count). The van der Waals surface area contributed by atoms with Crippen molar-refractivity contribution in [2.75, 3.05) is 0 Å². The molecule has 1 aromatic heterocycles. The summed E-state index contributed by atoms with van der Waals surface area (Å²) in [4.78, 5) is 10.6. The molecule has 3 nitrogen and oxygen atoms in total. The topological polar surface area (TPSA) is 50.4 Å². The standard InChI is InChI=1S/C11H8O3/c12-6-8-2-1-3-10(11(8)13)9-4-5-14-7-9/h1-7,13H. The lowest BCUT2D eigenvalue weighted by Crippen LogP contribution is -1.83. The van der Waals surface area contributed by atoms with Crippen molar-refractivity contribution in [1.82, 2.24) is 0 Å². The van der Waals surface area contributed by atoms with Gasteiger partial charge in [0.25, 0.3) is 0 Å². The van der Waals surface area contributed by atoms with E-state index in [1.54, 1.807) is 24.3 Å². The molecule has 70 valence electrons. The first-order valence-corrected chi connectivity index (χ1v) is 4.12. The molecule has 0 fully saturated rings. The van der Waals surface area contributed by atoms with E-state index in [1.807, 2.05) is 0 Å². The normalized spacial score (nSPS) is 10.0. The smallest absolute Gasteiger partial charge is 0.153 e. The van der Waals surface area contributed by atoms with Crippen LogP contribution in [0, 0.1) is 0 Å². The summed E-state index contributed by atoms with van der Waals surface area (Å²) in [5.41, 5.74) is 1.64. The molecule has 0 bridgehead atoms. The number of benzene rings is 1. The molecule has 0 spiro atoms. The minimum absolute atomic E-state index is 0.0103. The van der Waals surface area contributed by atoms with Crippen molar-refractivity contribution in [3.63, 3.8) is 0 Å². The van der Waals surface area contributed by atoms with Crippen LogP contribution in [0.2, 0.25) is 0 Å². The summed E-state index contributed by atoms with van der Waals surface area (Å²) >= 11 is 0. The van der Waals surface area contributed by atoms with E-state index in [-0.39, 0.29) is 11.3 Å². The molecule has 0 saturated heterocycles. The van der Waals surface area contributed by atoms with Crippen LogP contribution in [0.15, 0.2) is 41.2 Å². The zero-order valence-electron chi connectivity index (χ0n) is 7.31. The Morgan fingerprint density at radius 3 is 2.79 bits per heavy atom. The van der Waals surface area contributed by atoms with Gasteiger partial charge in [0.1, 0.15) is 5.75 Å². The van der Waals surface area contributed by atoms with Crippen molar-refractivity contribution < 1.29 is 14.3 Å². The van der Waals surface area contributed by atoms with Gasteiger partial charge in [-0.25, -0.2) is 0 Å². The van der Waals surface area contributed by atoms with Gasteiger partial charge in [-0.2, -0.15) is 0 Å². The zero-order valence-corrected chi connectivity index (χ0v) is 7.31. The first kappa shape index (κ1) is 8.56. The maximum absolute atomic E-state index is 10.6. The van der Waals surface area contributed by atoms with E-state index >= 15 is 0 Å². The average Bonchev–Trinajstić information content (AvgIpc) is 2.71. The molecule has 0 aliphatic carbocycles. The summed E-state index contributed by atoms with van der Waals surface area (Å²) in [5.74, 6) is -0.0103. The van der Waals surface area contributed by atoms with Gasteiger partial charge >= 0.3 is 0 Å². The number of phenolic OH excluding ortho intramolecular Hbond substituents is 1. The molecule has 0 aliphatic heterocycles. The lowest BCUT2D eigenvalue weighted by Gasteiger charge is -2.02. The number of rotatable bonds is 2. The Kier molecular flexibility index (Phi) is 2.07. The number of hydrogen-bond acceptors (Lipinski definition) is 3. The number of furan rings is 1. The minimum atomic E-state index is -0.0103. The van der Waals surface area contributed by atoms with Crippen LogP contribution in [-0.2, 0) is 0 Å². The number of aromatic hydroxyl groups is 1. The zero-order chi connectivity index (χ0) is 9.97. The second-order valence-corrected chi connectivity index (χ2v) is 2.87. The minimum Gasteiger partial charge on any atom is -0.507 e. The Labute approximate surface area is 80.6 Å². The van der Waals surface area contributed by atoms with Gasteiger partial charge in [0.05, 0.1) is 18.1 Å². The predicted molar refractivity (Wildman–Crippen MR) is 51.2 cm³/mol. The fourth-order valence-corrected chi connectivity index (χ4v) is 1.31. The molecule has 0 radical (unpaired) electrons. The van der Waals surface area contributed by atoms with Gasteiger partial charge in [0.15, 0.2) is 6.29 Å². The molecule has 1 heterocycles. The van der Waals surface area contributed by atoms with E-state index in [9.17, 15) is 9.90 Å². The van der Waals surface area contributed by atoms with Gasteiger partial charge < -0.3 is 9.52 Å². The predicted octanol–water partition coefficient (Wildman–Crippen LogP) is 2.46. The maximum Gasteiger partial charge on any atom is 0.153 e. The SMILES string of the molecule is O=Cc1cccc(-c2ccoc2)c1O. The second-order valence-electron chi connectivity index (χ2n) is 2.87. The third kappa shape index (κ3) is 1.29. The highest BCUT2D eigenvalue weighted by molar-refractivity contribution is 5.85. The summed E-state index contributed by atoms with van der Waals surface area (Å²) in [6, 6.07) is 6.73. The van der Waals surface area contributed by atoms with Crippen LogP contribution < -0.4 is 0 Å². The Bertz CT molecular complexity index is 444. The van der Waals surface area contributed by atoms with Crippen molar-refractivity contribution in [2.45, 2.75) is 0 Å². The Hall–Kier alpha value is -2.03. The van der Waals surface area contributed by atoms with Crippen LogP contribution in [0.1, 0.15) is 10.4 Å². The number of phenols is 1. The Balaban J connectivity index is 2.60. The monoisotopic (exact) mass is 188 g/mol. The molecule has 1 aromatic carbocycles. The summed E-state index contributed by atoms with van der Waals surface area (Å²) in [5, 5.41) is 9.69. The van der Waals surface area contributed by atoms with Crippen LogP contribution in [0.5, 0.6) is 5.75 Å². The number of para-hydroxylation sites is 1. The van der Waals surface area contributed by atoms with Crippen LogP contribution in [0.4, 0.5) is 0 Å². The number of carbonyl (C=O) groups excluding carboxylic acids is 1. The highest BCUT2D eigenvalue weighted by Gasteiger charge is 2.08. The lowest BCUT2D eigenvalue weighted by atomic mass is 10.0. The van der Waals surface area contributed by atoms with Crippen LogP contribution in [0.3, 0.4) is 0 Å². The molecule has 0 atom stereocenters. The molecule has 1 N–H and O–H groups in total. The first-order chi connectivity index (χ1) is 6.83. The van der Waals surface area contributed by atoms with Gasteiger partial charge in [-0.15, -0.1) is 0 Å². The summed E-state index contributed by atoms with van der Waals surface area (Å²) in [6.07, 6.45) is 3.66. The fraction of sp³-hybridized carbons (Fsp3) is 0. The van der Waals surface area contributed by atoms with Gasteiger partial charge in [-0.3, -0.25) is 4.79 Å². The lowest BCUT2D eigenvalue weighted by molar-refractivity contribution is 0.112. The molecule has 2 aromatic rings. The van der Waals surface area contributed by atoms with Crippen molar-refractivity contribution in [1.29, 1.82) is 0 Å². The van der Waals surface area contributed by atoms with Crippen molar-refractivity contribution in [3.05, 3.63) is 42.4 Å². The summed E-state index contributed by atoms with van der Waals surface area (Å²) in [7, 11) is 0. The highest BCUT2D eigenvalue weighted by Crippen LogP contribution is 2.31. The van der Waals surface area contributed by atoms with Gasteiger partial charge in [-0.1, -0.05) is 12.1 Å². The third-order valence-corrected chi connectivity index (χ3v) is 2.03. The van der Waals surface area contributed by atoms with E-state index in [0.29, 0.717) is 11.8 Å². The van der Waals surface area contributed by atoms with Crippen molar-refractivity contribution >= 4 is 6.29 Å². The van der Waals surface area contributed by atoms with Crippen molar-refractivity contribution in [2.24, 2.45) is 0 Å². The molecule has 0 saturated carbocycles. The fourth-order valence-electron chi connectivity index (χ4n) is 1.31. The summed E-state index contributed by atoms with van der Waals surface area (Å²) < 4.78 is 4.90. The first-order valence-electron chi connectivity index (χ1n) is 4.12. The highest BCUT2D eigenvalue weighted by atomic mass is 16.3. The van der Waals surface area contributed by atoms with Crippen LogP contribution in [0.25, 0.3) is 11.1 Å². The van der Waals surface area contributed by atoms with Gasteiger partial charge in [-0.05, 0) is 12.1 Å². The van der Waals surface area contributed by atoms with E-state index < -0.39 is 0 Å². The maximum atomic E-state index is 10.6. The Morgan fingerprint density at radius 1 is 1.29 bits per heavy atom. The number of aldehydes is 1. The molecule has 0 aliphatic rings. The molecule has 3 heteroatoms. The van der Waals surface area contributed by atoms with Gasteiger partial charge in [0.2, 0.25) is 0 Å². The molecule has 14 heavy (non-hydrogen) atoms. The quantitative estimate of drug-likeness (QED) is 0.736. The Morgan fingerprint density at radius 2 is 2.14 bits per heavy atom. The number of carbonyl (C=O) groups is 1.